The van der Waals surface area contributed by atoms with Crippen molar-refractivity contribution >= 4 is 40.4 Å². The molecule has 2 aromatic rings. The van der Waals surface area contributed by atoms with Crippen LogP contribution in [0.15, 0.2) is 42.0 Å². The smallest absolute Gasteiger partial charge is 0.333 e. The van der Waals surface area contributed by atoms with Crippen LogP contribution in [0.25, 0.3) is 5.57 Å². The third-order valence-electron chi connectivity index (χ3n) is 6.75. The first-order chi connectivity index (χ1) is 15.4. The van der Waals surface area contributed by atoms with Crippen molar-refractivity contribution in [3.8, 4) is 5.75 Å². The number of rotatable bonds is 5. The molecule has 2 aromatic carbocycles. The van der Waals surface area contributed by atoms with Crippen LogP contribution >= 0.6 is 23.2 Å². The molecule has 0 saturated carbocycles. The number of aryl methyl sites for hydroxylation is 1. The number of halogens is 2. The number of carboxylic acid groups (broad SMARTS) is 1. The fourth-order valence-electron chi connectivity index (χ4n) is 5.22. The van der Waals surface area contributed by atoms with E-state index >= 15 is 0 Å². The number of ether oxygens (including phenoxy) is 1. The van der Waals surface area contributed by atoms with Gasteiger partial charge in [-0.3, -0.25) is 0 Å². The van der Waals surface area contributed by atoms with Crippen molar-refractivity contribution in [3.05, 3.63) is 63.1 Å². The van der Waals surface area contributed by atoms with E-state index in [1.54, 1.807) is 0 Å². The fraction of sp³-hybridized carbons (Fsp3) is 0.400. The van der Waals surface area contributed by atoms with Gasteiger partial charge in [0.25, 0.3) is 0 Å². The first kappa shape index (κ1) is 21.6. The van der Waals surface area contributed by atoms with Gasteiger partial charge < -0.3 is 20.1 Å². The zero-order chi connectivity index (χ0) is 22.4. The maximum absolute atomic E-state index is 11.9. The Morgan fingerprint density at radius 3 is 2.53 bits per heavy atom. The van der Waals surface area contributed by atoms with Gasteiger partial charge in [0.15, 0.2) is 5.75 Å². The summed E-state index contributed by atoms with van der Waals surface area (Å²) in [7, 11) is 0. The maximum atomic E-state index is 11.9. The SMILES string of the molecule is Cc1cc(Cl)c(O[C@@H]2CCN(c3ccc(C4=C(C(=O)O)[C@H]5CC[C@@H](C4)N5)cc3)C2)c(Cl)c1. The van der Waals surface area contributed by atoms with Crippen molar-refractivity contribution in [1.82, 2.24) is 5.32 Å². The van der Waals surface area contributed by atoms with Crippen molar-refractivity contribution in [3.63, 3.8) is 0 Å². The molecule has 5 nitrogen and oxygen atoms in total. The van der Waals surface area contributed by atoms with Gasteiger partial charge in [-0.25, -0.2) is 4.79 Å². The number of benzene rings is 2. The summed E-state index contributed by atoms with van der Waals surface area (Å²) in [5.41, 5.74) is 4.63. The van der Waals surface area contributed by atoms with E-state index in [9.17, 15) is 9.90 Å². The van der Waals surface area contributed by atoms with Crippen LogP contribution < -0.4 is 15.0 Å². The Bertz CT molecular complexity index is 1060. The van der Waals surface area contributed by atoms with Crippen molar-refractivity contribution in [1.29, 1.82) is 0 Å². The van der Waals surface area contributed by atoms with E-state index in [4.69, 9.17) is 27.9 Å². The number of nitrogens with zero attached hydrogens (tertiary/aromatic N) is 1. The van der Waals surface area contributed by atoms with Gasteiger partial charge in [0.05, 0.1) is 22.2 Å². The van der Waals surface area contributed by atoms with Crippen molar-refractivity contribution in [2.75, 3.05) is 18.0 Å². The van der Waals surface area contributed by atoms with Gasteiger partial charge in [0.1, 0.15) is 6.10 Å². The standard InChI is InChI=1S/C25H26Cl2N2O3/c1-14-10-20(26)24(21(27)11-14)32-18-8-9-29(13-18)17-5-2-15(3-6-17)19-12-16-4-7-22(28-16)23(19)25(30)31/h2-3,5-6,10-11,16,18,22,28H,4,7-9,12-13H2,1H3,(H,30,31)/t16-,18+,22+/m0/s1. The lowest BCUT2D eigenvalue weighted by molar-refractivity contribution is -0.133. The number of hydrogen-bond donors (Lipinski definition) is 2. The van der Waals surface area contributed by atoms with Gasteiger partial charge in [-0.15, -0.1) is 0 Å². The van der Waals surface area contributed by atoms with Crippen LogP contribution in [0, 0.1) is 6.92 Å². The number of nitrogens with one attached hydrogen (secondary N) is 1. The molecule has 0 spiro atoms. The first-order valence-corrected chi connectivity index (χ1v) is 11.8. The van der Waals surface area contributed by atoms with Gasteiger partial charge in [0, 0.05) is 30.7 Å². The first-order valence-electron chi connectivity index (χ1n) is 11.1. The monoisotopic (exact) mass is 472 g/mol. The number of hydrogen-bond acceptors (Lipinski definition) is 4. The van der Waals surface area contributed by atoms with E-state index in [0.717, 1.165) is 61.2 Å². The molecule has 0 unspecified atom stereocenters. The largest absolute Gasteiger partial charge is 0.485 e. The summed E-state index contributed by atoms with van der Waals surface area (Å²) < 4.78 is 6.15. The molecule has 0 radical (unpaired) electrons. The lowest BCUT2D eigenvalue weighted by Gasteiger charge is -2.26. The summed E-state index contributed by atoms with van der Waals surface area (Å²) in [6.07, 6.45) is 3.60. The molecule has 32 heavy (non-hydrogen) atoms. The van der Waals surface area contributed by atoms with Crippen LogP contribution in [-0.4, -0.2) is 42.4 Å². The Morgan fingerprint density at radius 1 is 1.12 bits per heavy atom. The molecule has 7 heteroatoms. The minimum Gasteiger partial charge on any atom is -0.485 e. The van der Waals surface area contributed by atoms with Crippen molar-refractivity contribution in [2.24, 2.45) is 0 Å². The number of fused-ring (bicyclic) bond motifs is 2. The molecule has 3 aliphatic heterocycles. The highest BCUT2D eigenvalue weighted by molar-refractivity contribution is 6.37. The molecular formula is C25H26Cl2N2O3. The van der Waals surface area contributed by atoms with Crippen LogP contribution in [-0.2, 0) is 4.79 Å². The Balaban J connectivity index is 1.30. The maximum Gasteiger partial charge on any atom is 0.333 e. The molecule has 0 aromatic heterocycles. The van der Waals surface area contributed by atoms with Gasteiger partial charge in [-0.05, 0) is 67.2 Å². The van der Waals surface area contributed by atoms with E-state index in [1.165, 1.54) is 0 Å². The highest BCUT2D eigenvalue weighted by Gasteiger charge is 2.37. The van der Waals surface area contributed by atoms with Crippen molar-refractivity contribution < 1.29 is 14.6 Å². The van der Waals surface area contributed by atoms with E-state index in [1.807, 2.05) is 19.1 Å². The van der Waals surface area contributed by atoms with Crippen LogP contribution in [0.1, 0.15) is 36.8 Å². The molecule has 3 atom stereocenters. The van der Waals surface area contributed by atoms with Crippen LogP contribution in [0.5, 0.6) is 5.75 Å². The third-order valence-corrected chi connectivity index (χ3v) is 7.31. The molecule has 2 fully saturated rings. The molecule has 0 amide bonds. The Kier molecular flexibility index (Phi) is 5.82. The molecule has 5 rings (SSSR count). The quantitative estimate of drug-likeness (QED) is 0.616. The van der Waals surface area contributed by atoms with Crippen LogP contribution in [0.4, 0.5) is 5.69 Å². The van der Waals surface area contributed by atoms with E-state index < -0.39 is 5.97 Å². The topological polar surface area (TPSA) is 61.8 Å². The highest BCUT2D eigenvalue weighted by atomic mass is 35.5. The molecule has 3 heterocycles. The molecule has 168 valence electrons. The second kappa shape index (κ2) is 8.62. The summed E-state index contributed by atoms with van der Waals surface area (Å²) >= 11 is 12.7. The summed E-state index contributed by atoms with van der Waals surface area (Å²) in [5, 5.41) is 14.3. The van der Waals surface area contributed by atoms with E-state index in [2.05, 4.69) is 34.5 Å². The fourth-order valence-corrected chi connectivity index (χ4v) is 5.91. The van der Waals surface area contributed by atoms with Gasteiger partial charge in [-0.1, -0.05) is 35.3 Å². The van der Waals surface area contributed by atoms with Crippen LogP contribution in [0.3, 0.4) is 0 Å². The number of carbonyl (C=O) groups is 1. The highest BCUT2D eigenvalue weighted by Crippen LogP contribution is 2.39. The van der Waals surface area contributed by atoms with Gasteiger partial charge in [0.2, 0.25) is 0 Å². The van der Waals surface area contributed by atoms with Crippen molar-refractivity contribution in [2.45, 2.75) is 50.8 Å². The average molecular weight is 473 g/mol. The summed E-state index contributed by atoms with van der Waals surface area (Å²) in [6, 6.07) is 12.4. The normalized spacial score (nSPS) is 24.8. The summed E-state index contributed by atoms with van der Waals surface area (Å²) in [4.78, 5) is 14.2. The predicted molar refractivity (Wildman–Crippen MR) is 128 cm³/mol. The second-order valence-electron chi connectivity index (χ2n) is 8.97. The summed E-state index contributed by atoms with van der Waals surface area (Å²) in [6.45, 7) is 3.58. The van der Waals surface area contributed by atoms with E-state index in [-0.39, 0.29) is 12.1 Å². The predicted octanol–water partition coefficient (Wildman–Crippen LogP) is 5.32. The lowest BCUT2D eigenvalue weighted by atomic mass is 9.89. The minimum absolute atomic E-state index is 0.00810. The zero-order valence-electron chi connectivity index (χ0n) is 17.9. The molecule has 0 aliphatic carbocycles. The molecule has 2 saturated heterocycles. The zero-order valence-corrected chi connectivity index (χ0v) is 19.4. The number of aliphatic carboxylic acids is 1. The second-order valence-corrected chi connectivity index (χ2v) is 9.79. The molecule has 2 N–H and O–H groups in total. The Hall–Kier alpha value is -2.21. The summed E-state index contributed by atoms with van der Waals surface area (Å²) in [5.74, 6) is -0.260. The van der Waals surface area contributed by atoms with Gasteiger partial charge >= 0.3 is 5.97 Å². The molecule has 2 bridgehead atoms. The van der Waals surface area contributed by atoms with Gasteiger partial charge in [-0.2, -0.15) is 0 Å². The Morgan fingerprint density at radius 2 is 1.84 bits per heavy atom. The average Bonchev–Trinajstić information content (AvgIpc) is 3.37. The molecular weight excluding hydrogens is 447 g/mol. The van der Waals surface area contributed by atoms with E-state index in [0.29, 0.717) is 27.4 Å². The van der Waals surface area contributed by atoms with Crippen LogP contribution in [0.2, 0.25) is 10.0 Å². The molecule has 3 aliphatic rings. The minimum atomic E-state index is -0.810. The number of carboxylic acids is 1. The third kappa shape index (κ3) is 4.09. The Labute approximate surface area is 198 Å². The lowest BCUT2D eigenvalue weighted by Crippen LogP contribution is -2.38. The number of anilines is 1.